The second-order valence-electron chi connectivity index (χ2n) is 7.15. The van der Waals surface area contributed by atoms with Crippen LogP contribution in [0.4, 0.5) is 0 Å². The largest absolute Gasteiger partial charge is 0.357 e. The molecule has 6 nitrogen and oxygen atoms in total. The van der Waals surface area contributed by atoms with Crippen LogP contribution in [0.15, 0.2) is 11.3 Å². The first kappa shape index (κ1) is 17.2. The summed E-state index contributed by atoms with van der Waals surface area (Å²) in [6.07, 6.45) is 13.5. The maximum Gasteiger partial charge on any atom is 0.191 e. The molecule has 1 atom stereocenters. The van der Waals surface area contributed by atoms with Crippen molar-refractivity contribution in [1.82, 2.24) is 25.4 Å². The van der Waals surface area contributed by atoms with Crippen LogP contribution >= 0.6 is 0 Å². The van der Waals surface area contributed by atoms with E-state index in [-0.39, 0.29) is 0 Å². The Morgan fingerprint density at radius 3 is 3.00 bits per heavy atom. The molecule has 1 saturated carbocycles. The lowest BCUT2D eigenvalue weighted by Crippen LogP contribution is -2.47. The minimum Gasteiger partial charge on any atom is -0.357 e. The molecule has 1 aromatic heterocycles. The average Bonchev–Trinajstić information content (AvgIpc) is 3.25. The number of nitrogens with one attached hydrogen (secondary N) is 2. The van der Waals surface area contributed by atoms with E-state index in [1.165, 1.54) is 44.9 Å². The van der Waals surface area contributed by atoms with E-state index in [0.29, 0.717) is 6.04 Å². The van der Waals surface area contributed by atoms with Crippen molar-refractivity contribution in [2.24, 2.45) is 10.9 Å². The molecule has 1 unspecified atom stereocenters. The molecule has 0 bridgehead atoms. The number of nitrogens with zero attached hydrogens (tertiary/aromatic N) is 4. The van der Waals surface area contributed by atoms with Gasteiger partial charge in [-0.15, -0.1) is 0 Å². The molecular weight excluding hydrogens is 300 g/mol. The zero-order chi connectivity index (χ0) is 16.6. The van der Waals surface area contributed by atoms with Crippen molar-refractivity contribution >= 4 is 5.96 Å². The minimum absolute atomic E-state index is 0.385. The fraction of sp³-hybridized carbons (Fsp3) is 0.833. The zero-order valence-electron chi connectivity index (χ0n) is 15.0. The van der Waals surface area contributed by atoms with E-state index in [4.69, 9.17) is 4.99 Å². The smallest absolute Gasteiger partial charge is 0.191 e. The highest BCUT2D eigenvalue weighted by Gasteiger charge is 2.20. The number of guanidine groups is 1. The fourth-order valence-corrected chi connectivity index (χ4v) is 3.90. The molecule has 3 rings (SSSR count). The quantitative estimate of drug-likeness (QED) is 0.457. The molecule has 0 radical (unpaired) electrons. The lowest BCUT2D eigenvalue weighted by Gasteiger charge is -2.25. The van der Waals surface area contributed by atoms with Gasteiger partial charge >= 0.3 is 0 Å². The van der Waals surface area contributed by atoms with Gasteiger partial charge in [0.25, 0.3) is 0 Å². The number of fused-ring (bicyclic) bond motifs is 1. The van der Waals surface area contributed by atoms with Crippen LogP contribution in [0.2, 0.25) is 0 Å². The first-order chi connectivity index (χ1) is 11.8. The number of unbranched alkanes of at least 4 members (excludes halogenated alkanes) is 1. The van der Waals surface area contributed by atoms with Gasteiger partial charge in [0.05, 0.1) is 6.54 Å². The van der Waals surface area contributed by atoms with Crippen molar-refractivity contribution in [2.75, 3.05) is 13.1 Å². The standard InChI is InChI=1S/C18H32N6/c1-2-19-18(20-12-6-5-9-15-7-3-4-8-15)23-16-10-11-17-21-14-22-24(17)13-16/h14-16H,2-13H2,1H3,(H2,19,20,23). The summed E-state index contributed by atoms with van der Waals surface area (Å²) >= 11 is 0. The maximum absolute atomic E-state index is 4.76. The van der Waals surface area contributed by atoms with Crippen LogP contribution in [0.5, 0.6) is 0 Å². The van der Waals surface area contributed by atoms with Crippen molar-refractivity contribution in [2.45, 2.75) is 77.3 Å². The van der Waals surface area contributed by atoms with Crippen LogP contribution in [0.25, 0.3) is 0 Å². The summed E-state index contributed by atoms with van der Waals surface area (Å²) < 4.78 is 2.01. The molecule has 2 heterocycles. The topological polar surface area (TPSA) is 67.1 Å². The van der Waals surface area contributed by atoms with Gasteiger partial charge in [-0.3, -0.25) is 4.99 Å². The van der Waals surface area contributed by atoms with E-state index in [9.17, 15) is 0 Å². The molecule has 1 aliphatic carbocycles. The Hall–Kier alpha value is -1.59. The Balaban J connectivity index is 1.40. The third-order valence-electron chi connectivity index (χ3n) is 5.26. The summed E-state index contributed by atoms with van der Waals surface area (Å²) in [5.74, 6) is 3.05. The van der Waals surface area contributed by atoms with E-state index in [1.54, 1.807) is 6.33 Å². The van der Waals surface area contributed by atoms with Crippen molar-refractivity contribution < 1.29 is 0 Å². The normalized spacial score (nSPS) is 21.7. The van der Waals surface area contributed by atoms with Crippen molar-refractivity contribution in [1.29, 1.82) is 0 Å². The van der Waals surface area contributed by atoms with Crippen LogP contribution in [-0.2, 0) is 13.0 Å². The second-order valence-corrected chi connectivity index (χ2v) is 7.15. The summed E-state index contributed by atoms with van der Waals surface area (Å²) in [5.41, 5.74) is 0. The Morgan fingerprint density at radius 2 is 2.17 bits per heavy atom. The van der Waals surface area contributed by atoms with Gasteiger partial charge in [0, 0.05) is 25.6 Å². The van der Waals surface area contributed by atoms with Gasteiger partial charge in [-0.05, 0) is 25.7 Å². The highest BCUT2D eigenvalue weighted by atomic mass is 15.4. The van der Waals surface area contributed by atoms with Crippen LogP contribution in [-0.4, -0.2) is 39.9 Å². The molecule has 2 N–H and O–H groups in total. The molecule has 1 aromatic rings. The van der Waals surface area contributed by atoms with Crippen molar-refractivity contribution in [3.63, 3.8) is 0 Å². The zero-order valence-corrected chi connectivity index (χ0v) is 15.0. The molecule has 24 heavy (non-hydrogen) atoms. The molecule has 1 aliphatic heterocycles. The second kappa shape index (κ2) is 9.04. The van der Waals surface area contributed by atoms with Gasteiger partial charge < -0.3 is 10.6 Å². The number of hydrogen-bond donors (Lipinski definition) is 2. The first-order valence-electron chi connectivity index (χ1n) is 9.76. The van der Waals surface area contributed by atoms with Gasteiger partial charge in [-0.2, -0.15) is 5.10 Å². The van der Waals surface area contributed by atoms with Gasteiger partial charge in [0.15, 0.2) is 5.96 Å². The summed E-state index contributed by atoms with van der Waals surface area (Å²) in [7, 11) is 0. The van der Waals surface area contributed by atoms with Crippen molar-refractivity contribution in [3.8, 4) is 0 Å². The van der Waals surface area contributed by atoms with Crippen LogP contribution in [0, 0.1) is 5.92 Å². The SMILES string of the molecule is CCNC(=NCCCCC1CCCC1)NC1CCc2ncnn2C1. The summed E-state index contributed by atoms with van der Waals surface area (Å²) in [6.45, 7) is 4.81. The average molecular weight is 332 g/mol. The first-order valence-corrected chi connectivity index (χ1v) is 9.76. The number of hydrogen-bond acceptors (Lipinski definition) is 3. The molecular formula is C18H32N6. The van der Waals surface area contributed by atoms with Crippen LogP contribution in [0.3, 0.4) is 0 Å². The van der Waals surface area contributed by atoms with E-state index in [0.717, 1.165) is 50.2 Å². The van der Waals surface area contributed by atoms with Gasteiger partial charge in [0.1, 0.15) is 12.2 Å². The highest BCUT2D eigenvalue weighted by molar-refractivity contribution is 5.80. The summed E-state index contributed by atoms with van der Waals surface area (Å²) in [6, 6.07) is 0.385. The molecule has 2 aliphatic rings. The third-order valence-corrected chi connectivity index (χ3v) is 5.26. The van der Waals surface area contributed by atoms with E-state index < -0.39 is 0 Å². The molecule has 0 saturated heterocycles. The molecule has 0 aromatic carbocycles. The number of aromatic nitrogens is 3. The van der Waals surface area contributed by atoms with Crippen molar-refractivity contribution in [3.05, 3.63) is 12.2 Å². The Labute approximate surface area is 145 Å². The molecule has 1 fully saturated rings. The maximum atomic E-state index is 4.76. The monoisotopic (exact) mass is 332 g/mol. The van der Waals surface area contributed by atoms with Crippen LogP contribution in [0.1, 0.15) is 64.1 Å². The fourth-order valence-electron chi connectivity index (χ4n) is 3.90. The van der Waals surface area contributed by atoms with Gasteiger partial charge in [-0.25, -0.2) is 9.67 Å². The third kappa shape index (κ3) is 4.95. The Bertz CT molecular complexity index is 517. The predicted octanol–water partition coefficient (Wildman–Crippen LogP) is 2.51. The van der Waals surface area contributed by atoms with E-state index >= 15 is 0 Å². The van der Waals surface area contributed by atoms with E-state index in [1.807, 2.05) is 4.68 Å². The highest BCUT2D eigenvalue weighted by Crippen LogP contribution is 2.28. The minimum atomic E-state index is 0.385. The molecule has 134 valence electrons. The lowest BCUT2D eigenvalue weighted by atomic mass is 10.0. The molecule has 0 spiro atoms. The number of aliphatic imine (C=N–C) groups is 1. The Morgan fingerprint density at radius 1 is 1.29 bits per heavy atom. The number of rotatable bonds is 7. The van der Waals surface area contributed by atoms with E-state index in [2.05, 4.69) is 27.6 Å². The Kier molecular flexibility index (Phi) is 6.49. The summed E-state index contributed by atoms with van der Waals surface area (Å²) in [4.78, 5) is 9.05. The lowest BCUT2D eigenvalue weighted by molar-refractivity contribution is 0.392. The predicted molar refractivity (Wildman–Crippen MR) is 97.1 cm³/mol. The molecule has 0 amide bonds. The molecule has 6 heteroatoms. The van der Waals surface area contributed by atoms with Gasteiger partial charge in [-0.1, -0.05) is 38.5 Å². The van der Waals surface area contributed by atoms with Crippen LogP contribution < -0.4 is 10.6 Å². The number of aryl methyl sites for hydroxylation is 1. The summed E-state index contributed by atoms with van der Waals surface area (Å²) in [5, 5.41) is 11.2. The van der Waals surface area contributed by atoms with Gasteiger partial charge in [0.2, 0.25) is 0 Å².